The van der Waals surface area contributed by atoms with E-state index in [0.29, 0.717) is 35.5 Å². The first-order valence-corrected chi connectivity index (χ1v) is 10.2. The molecule has 2 heterocycles. The Balaban J connectivity index is 1.35. The summed E-state index contributed by atoms with van der Waals surface area (Å²) < 4.78 is 6.49. The summed E-state index contributed by atoms with van der Waals surface area (Å²) in [4.78, 5) is 18.8. The zero-order valence-electron chi connectivity index (χ0n) is 14.9. The molecule has 2 aromatic carbocycles. The standard InChI is InChI=1S/C20H18BrClN4O2/c21-15-6-4-13(5-7-15)18-24-19(28-25-18)14-8-10-26(11-9-14)20(27)23-17-3-1-2-16(22)12-17/h1-7,12,14H,8-11H2,(H,23,27). The van der Waals surface area contributed by atoms with Gasteiger partial charge in [-0.25, -0.2) is 4.79 Å². The van der Waals surface area contributed by atoms with E-state index in [-0.39, 0.29) is 11.9 Å². The molecule has 0 saturated carbocycles. The minimum Gasteiger partial charge on any atom is -0.339 e. The van der Waals surface area contributed by atoms with Gasteiger partial charge < -0.3 is 14.7 Å². The van der Waals surface area contributed by atoms with Crippen LogP contribution in [0.15, 0.2) is 57.5 Å². The number of halogens is 2. The number of urea groups is 1. The van der Waals surface area contributed by atoms with Crippen molar-refractivity contribution < 1.29 is 9.32 Å². The molecule has 6 nitrogen and oxygen atoms in total. The first-order valence-electron chi connectivity index (χ1n) is 8.99. The Kier molecular flexibility index (Phi) is 5.64. The van der Waals surface area contributed by atoms with E-state index in [2.05, 4.69) is 31.4 Å². The smallest absolute Gasteiger partial charge is 0.321 e. The Morgan fingerprint density at radius 3 is 2.64 bits per heavy atom. The fourth-order valence-corrected chi connectivity index (χ4v) is 3.67. The first kappa shape index (κ1) is 19.0. The molecule has 3 aromatic rings. The number of piperidine rings is 1. The molecule has 144 valence electrons. The number of nitrogens with one attached hydrogen (secondary N) is 1. The van der Waals surface area contributed by atoms with Crippen molar-refractivity contribution in [3.63, 3.8) is 0 Å². The van der Waals surface area contributed by atoms with Crippen LogP contribution in [0.25, 0.3) is 11.4 Å². The van der Waals surface area contributed by atoms with Crippen LogP contribution in [0.4, 0.5) is 10.5 Å². The van der Waals surface area contributed by atoms with Crippen molar-refractivity contribution in [3.8, 4) is 11.4 Å². The lowest BCUT2D eigenvalue weighted by molar-refractivity contribution is 0.187. The predicted molar refractivity (Wildman–Crippen MR) is 111 cm³/mol. The fourth-order valence-electron chi connectivity index (χ4n) is 3.22. The highest BCUT2D eigenvalue weighted by Gasteiger charge is 2.27. The van der Waals surface area contributed by atoms with Gasteiger partial charge >= 0.3 is 6.03 Å². The summed E-state index contributed by atoms with van der Waals surface area (Å²) in [6, 6.07) is 14.8. The topological polar surface area (TPSA) is 71.3 Å². The molecule has 8 heteroatoms. The van der Waals surface area contributed by atoms with Gasteiger partial charge in [0.25, 0.3) is 0 Å². The Bertz CT molecular complexity index is 968. The maximum atomic E-state index is 12.5. The summed E-state index contributed by atoms with van der Waals surface area (Å²) in [5.74, 6) is 1.38. The highest BCUT2D eigenvalue weighted by Crippen LogP contribution is 2.29. The van der Waals surface area contributed by atoms with E-state index in [9.17, 15) is 4.79 Å². The van der Waals surface area contributed by atoms with Crippen LogP contribution in [0, 0.1) is 0 Å². The van der Waals surface area contributed by atoms with Gasteiger partial charge in [-0.1, -0.05) is 38.8 Å². The van der Waals surface area contributed by atoms with Crippen LogP contribution in [-0.4, -0.2) is 34.2 Å². The molecule has 1 aliphatic rings. The quantitative estimate of drug-likeness (QED) is 0.554. The molecule has 0 atom stereocenters. The first-order chi connectivity index (χ1) is 13.6. The second kappa shape index (κ2) is 8.32. The summed E-state index contributed by atoms with van der Waals surface area (Å²) in [5, 5.41) is 7.58. The monoisotopic (exact) mass is 460 g/mol. The van der Waals surface area contributed by atoms with Crippen molar-refractivity contribution in [2.24, 2.45) is 0 Å². The fraction of sp³-hybridized carbons (Fsp3) is 0.250. The van der Waals surface area contributed by atoms with Crippen LogP contribution >= 0.6 is 27.5 Å². The van der Waals surface area contributed by atoms with E-state index in [1.54, 1.807) is 17.0 Å². The van der Waals surface area contributed by atoms with E-state index >= 15 is 0 Å². The van der Waals surface area contributed by atoms with Gasteiger partial charge in [0.2, 0.25) is 11.7 Å². The number of anilines is 1. The summed E-state index contributed by atoms with van der Waals surface area (Å²) in [5.41, 5.74) is 1.60. The van der Waals surface area contributed by atoms with Crippen molar-refractivity contribution >= 4 is 39.2 Å². The molecule has 0 unspecified atom stereocenters. The molecule has 1 fully saturated rings. The van der Waals surface area contributed by atoms with E-state index in [1.807, 2.05) is 36.4 Å². The molecule has 0 bridgehead atoms. The molecule has 28 heavy (non-hydrogen) atoms. The molecule has 1 N–H and O–H groups in total. The number of hydrogen-bond donors (Lipinski definition) is 1. The van der Waals surface area contributed by atoms with Crippen molar-refractivity contribution in [3.05, 3.63) is 63.9 Å². The lowest BCUT2D eigenvalue weighted by Crippen LogP contribution is -2.40. The van der Waals surface area contributed by atoms with E-state index in [0.717, 1.165) is 22.9 Å². The molecule has 0 spiro atoms. The number of likely N-dealkylation sites (tertiary alicyclic amines) is 1. The average molecular weight is 462 g/mol. The predicted octanol–water partition coefficient (Wildman–Crippen LogP) is 5.56. The summed E-state index contributed by atoms with van der Waals surface area (Å²) >= 11 is 9.38. The zero-order valence-corrected chi connectivity index (χ0v) is 17.3. The van der Waals surface area contributed by atoms with E-state index in [1.165, 1.54) is 0 Å². The number of rotatable bonds is 3. The highest BCUT2D eigenvalue weighted by molar-refractivity contribution is 9.10. The lowest BCUT2D eigenvalue weighted by atomic mass is 9.97. The molecule has 4 rings (SSSR count). The minimum atomic E-state index is -0.123. The normalized spacial score (nSPS) is 14.9. The van der Waals surface area contributed by atoms with Gasteiger partial charge in [-0.2, -0.15) is 4.98 Å². The number of aromatic nitrogens is 2. The molecular formula is C20H18BrClN4O2. The Morgan fingerprint density at radius 2 is 1.93 bits per heavy atom. The number of amides is 2. The van der Waals surface area contributed by atoms with E-state index < -0.39 is 0 Å². The van der Waals surface area contributed by atoms with Crippen molar-refractivity contribution in [2.75, 3.05) is 18.4 Å². The largest absolute Gasteiger partial charge is 0.339 e. The van der Waals surface area contributed by atoms with Gasteiger partial charge in [0.1, 0.15) is 0 Å². The zero-order chi connectivity index (χ0) is 19.5. The van der Waals surface area contributed by atoms with Crippen LogP contribution in [0.5, 0.6) is 0 Å². The summed E-state index contributed by atoms with van der Waals surface area (Å²) in [6.07, 6.45) is 1.57. The Morgan fingerprint density at radius 1 is 1.18 bits per heavy atom. The second-order valence-corrected chi connectivity index (χ2v) is 8.02. The van der Waals surface area contributed by atoms with E-state index in [4.69, 9.17) is 16.1 Å². The third kappa shape index (κ3) is 4.36. The number of nitrogens with zero attached hydrogens (tertiary/aromatic N) is 3. The van der Waals surface area contributed by atoms with Crippen molar-refractivity contribution in [2.45, 2.75) is 18.8 Å². The second-order valence-electron chi connectivity index (χ2n) is 6.66. The molecule has 2 amide bonds. The SMILES string of the molecule is O=C(Nc1cccc(Cl)c1)N1CCC(c2nc(-c3ccc(Br)cc3)no2)CC1. The lowest BCUT2D eigenvalue weighted by Gasteiger charge is -2.30. The number of carbonyl (C=O) groups is 1. The van der Waals surface area contributed by atoms with Crippen molar-refractivity contribution in [1.29, 1.82) is 0 Å². The van der Waals surface area contributed by atoms with Crippen LogP contribution in [0.1, 0.15) is 24.7 Å². The molecule has 1 aromatic heterocycles. The van der Waals surface area contributed by atoms with Gasteiger partial charge in [-0.05, 0) is 55.3 Å². The molecule has 1 saturated heterocycles. The summed E-state index contributed by atoms with van der Waals surface area (Å²) in [6.45, 7) is 1.26. The van der Waals surface area contributed by atoms with Crippen LogP contribution in [0.2, 0.25) is 5.02 Å². The minimum absolute atomic E-state index is 0.123. The molecule has 0 aliphatic carbocycles. The Labute approximate surface area is 176 Å². The van der Waals surface area contributed by atoms with Crippen LogP contribution < -0.4 is 5.32 Å². The van der Waals surface area contributed by atoms with Crippen LogP contribution in [0.3, 0.4) is 0 Å². The van der Waals surface area contributed by atoms with Gasteiger partial charge in [0.05, 0.1) is 0 Å². The average Bonchev–Trinajstić information content (AvgIpc) is 3.19. The third-order valence-electron chi connectivity index (χ3n) is 4.75. The van der Waals surface area contributed by atoms with Crippen LogP contribution in [-0.2, 0) is 0 Å². The maximum Gasteiger partial charge on any atom is 0.321 e. The molecular weight excluding hydrogens is 444 g/mol. The number of benzene rings is 2. The summed E-state index contributed by atoms with van der Waals surface area (Å²) in [7, 11) is 0. The highest BCUT2D eigenvalue weighted by atomic mass is 79.9. The molecule has 1 aliphatic heterocycles. The Hall–Kier alpha value is -2.38. The number of carbonyl (C=O) groups excluding carboxylic acids is 1. The van der Waals surface area contributed by atoms with Gasteiger partial charge in [-0.15, -0.1) is 0 Å². The van der Waals surface area contributed by atoms with Gasteiger partial charge in [0.15, 0.2) is 0 Å². The van der Waals surface area contributed by atoms with Crippen molar-refractivity contribution in [1.82, 2.24) is 15.0 Å². The maximum absolute atomic E-state index is 12.5. The third-order valence-corrected chi connectivity index (χ3v) is 5.52. The molecule has 0 radical (unpaired) electrons. The van der Waals surface area contributed by atoms with Gasteiger partial charge in [0, 0.05) is 39.8 Å². The van der Waals surface area contributed by atoms with Gasteiger partial charge in [-0.3, -0.25) is 0 Å². The number of hydrogen-bond acceptors (Lipinski definition) is 4.